The van der Waals surface area contributed by atoms with E-state index in [1.807, 2.05) is 0 Å². The minimum atomic E-state index is -3.70. The van der Waals surface area contributed by atoms with Gasteiger partial charge >= 0.3 is 0 Å². The lowest BCUT2D eigenvalue weighted by molar-refractivity contribution is -0.132. The Morgan fingerprint density at radius 2 is 1.83 bits per heavy atom. The zero-order valence-corrected chi connectivity index (χ0v) is 15.5. The van der Waals surface area contributed by atoms with Crippen LogP contribution in [0, 0.1) is 0 Å². The summed E-state index contributed by atoms with van der Waals surface area (Å²) in [5.41, 5.74) is 0.222. The molecule has 0 bridgehead atoms. The molecule has 2 rings (SSSR count). The molecular weight excluding hydrogens is 359 g/mol. The second kappa shape index (κ2) is 7.28. The maximum atomic E-state index is 12.7. The number of carbonyl (C=O) groups is 1. The van der Waals surface area contributed by atoms with Gasteiger partial charge in [-0.3, -0.25) is 9.10 Å². The monoisotopic (exact) mass is 378 g/mol. The van der Waals surface area contributed by atoms with Crippen molar-refractivity contribution in [2.45, 2.75) is 32.2 Å². The summed E-state index contributed by atoms with van der Waals surface area (Å²) in [4.78, 5) is 14.4. The van der Waals surface area contributed by atoms with Crippen molar-refractivity contribution in [1.29, 1.82) is 0 Å². The van der Waals surface area contributed by atoms with E-state index >= 15 is 0 Å². The highest BCUT2D eigenvalue weighted by Gasteiger charge is 2.33. The van der Waals surface area contributed by atoms with Gasteiger partial charge in [-0.25, -0.2) is 8.42 Å². The summed E-state index contributed by atoms with van der Waals surface area (Å²) < 4.78 is 25.6. The highest BCUT2D eigenvalue weighted by Crippen LogP contribution is 2.32. The van der Waals surface area contributed by atoms with Crippen molar-refractivity contribution >= 4 is 44.8 Å². The molecule has 0 aliphatic carbocycles. The molecule has 1 aromatic rings. The number of carbonyl (C=O) groups excluding carboxylic acids is 1. The van der Waals surface area contributed by atoms with Gasteiger partial charge in [-0.1, -0.05) is 23.2 Å². The number of amides is 1. The molecule has 1 aromatic carbocycles. The molecule has 1 amide bonds. The zero-order valence-electron chi connectivity index (χ0n) is 13.1. The maximum absolute atomic E-state index is 12.7. The van der Waals surface area contributed by atoms with E-state index in [0.29, 0.717) is 18.1 Å². The fraction of sp³-hybridized carbons (Fsp3) is 0.533. The quantitative estimate of drug-likeness (QED) is 0.808. The average molecular weight is 379 g/mol. The van der Waals surface area contributed by atoms with E-state index in [1.165, 1.54) is 12.1 Å². The summed E-state index contributed by atoms with van der Waals surface area (Å²) in [6.45, 7) is 2.89. The van der Waals surface area contributed by atoms with Gasteiger partial charge in [-0.2, -0.15) is 0 Å². The van der Waals surface area contributed by atoms with Gasteiger partial charge in [0.2, 0.25) is 15.9 Å². The smallest absolute Gasteiger partial charge is 0.246 e. The van der Waals surface area contributed by atoms with Crippen LogP contribution in [-0.4, -0.2) is 44.6 Å². The number of hydrogen-bond acceptors (Lipinski definition) is 3. The van der Waals surface area contributed by atoms with Crippen LogP contribution in [0.5, 0.6) is 0 Å². The lowest BCUT2D eigenvalue weighted by Crippen LogP contribution is -2.50. The first kappa shape index (κ1) is 18.4. The molecule has 1 aliphatic heterocycles. The number of sulfonamides is 1. The highest BCUT2D eigenvalue weighted by molar-refractivity contribution is 7.92. The van der Waals surface area contributed by atoms with Gasteiger partial charge in [-0.15, -0.1) is 0 Å². The van der Waals surface area contributed by atoms with Gasteiger partial charge in [0.15, 0.2) is 0 Å². The topological polar surface area (TPSA) is 57.7 Å². The largest absolute Gasteiger partial charge is 0.341 e. The van der Waals surface area contributed by atoms with Gasteiger partial charge in [-0.05, 0) is 44.4 Å². The molecule has 23 heavy (non-hydrogen) atoms. The van der Waals surface area contributed by atoms with Crippen LogP contribution in [0.15, 0.2) is 18.2 Å². The van der Waals surface area contributed by atoms with Crippen molar-refractivity contribution in [3.05, 3.63) is 28.2 Å². The molecule has 5 nitrogen and oxygen atoms in total. The summed E-state index contributed by atoms with van der Waals surface area (Å²) in [6.07, 6.45) is 4.03. The van der Waals surface area contributed by atoms with Crippen LogP contribution in [0.3, 0.4) is 0 Å². The molecule has 1 heterocycles. The molecule has 0 aromatic heterocycles. The van der Waals surface area contributed by atoms with Crippen LogP contribution in [0.4, 0.5) is 5.69 Å². The summed E-state index contributed by atoms with van der Waals surface area (Å²) in [5.74, 6) is -0.217. The highest BCUT2D eigenvalue weighted by atomic mass is 35.5. The van der Waals surface area contributed by atoms with Crippen LogP contribution in [0.25, 0.3) is 0 Å². The number of halogens is 2. The van der Waals surface area contributed by atoms with Crippen molar-refractivity contribution < 1.29 is 13.2 Å². The number of benzene rings is 1. The third kappa shape index (κ3) is 4.31. The van der Waals surface area contributed by atoms with Gasteiger partial charge in [0.25, 0.3) is 0 Å². The third-order valence-corrected chi connectivity index (χ3v) is 5.66. The molecule has 0 radical (unpaired) electrons. The normalized spacial score (nSPS) is 17.0. The van der Waals surface area contributed by atoms with Crippen molar-refractivity contribution in [2.75, 3.05) is 23.7 Å². The van der Waals surface area contributed by atoms with E-state index in [0.717, 1.165) is 29.8 Å². The Labute approximate surface area is 147 Å². The van der Waals surface area contributed by atoms with Crippen LogP contribution in [0.1, 0.15) is 26.2 Å². The summed E-state index contributed by atoms with van der Waals surface area (Å²) in [6, 6.07) is 3.69. The van der Waals surface area contributed by atoms with E-state index in [-0.39, 0.29) is 16.6 Å². The molecular formula is C15H20Cl2N2O3S. The number of rotatable bonds is 4. The molecule has 0 saturated carbocycles. The van der Waals surface area contributed by atoms with E-state index in [4.69, 9.17) is 23.2 Å². The lowest BCUT2D eigenvalue weighted by Gasteiger charge is -2.34. The summed E-state index contributed by atoms with van der Waals surface area (Å²) in [5, 5.41) is 0.591. The van der Waals surface area contributed by atoms with Gasteiger partial charge in [0.05, 0.1) is 17.0 Å². The number of piperidine rings is 1. The van der Waals surface area contributed by atoms with Crippen LogP contribution in [-0.2, 0) is 14.8 Å². The Morgan fingerprint density at radius 1 is 1.22 bits per heavy atom. The summed E-state index contributed by atoms with van der Waals surface area (Å²) >= 11 is 12.1. The fourth-order valence-corrected chi connectivity index (χ4v) is 4.41. The Balaban J connectivity index is 2.39. The Morgan fingerprint density at radius 3 is 2.39 bits per heavy atom. The van der Waals surface area contributed by atoms with Gasteiger partial charge < -0.3 is 4.90 Å². The molecule has 128 valence electrons. The van der Waals surface area contributed by atoms with Gasteiger partial charge in [0, 0.05) is 18.1 Å². The second-order valence-electron chi connectivity index (χ2n) is 5.72. The first-order valence-electron chi connectivity index (χ1n) is 7.45. The van der Waals surface area contributed by atoms with E-state index < -0.39 is 16.1 Å². The van der Waals surface area contributed by atoms with Gasteiger partial charge in [0.1, 0.15) is 6.04 Å². The average Bonchev–Trinajstić information content (AvgIpc) is 2.49. The van der Waals surface area contributed by atoms with Crippen LogP contribution < -0.4 is 4.31 Å². The molecule has 1 aliphatic rings. The molecule has 1 unspecified atom stereocenters. The minimum absolute atomic E-state index is 0.217. The number of nitrogens with zero attached hydrogens (tertiary/aromatic N) is 2. The molecule has 1 fully saturated rings. The lowest BCUT2D eigenvalue weighted by atomic mass is 10.1. The predicted octanol–water partition coefficient (Wildman–Crippen LogP) is 3.16. The first-order valence-corrected chi connectivity index (χ1v) is 10.1. The van der Waals surface area contributed by atoms with E-state index in [2.05, 4.69) is 0 Å². The summed E-state index contributed by atoms with van der Waals surface area (Å²) in [7, 11) is -3.70. The molecule has 0 spiro atoms. The number of anilines is 1. The second-order valence-corrected chi connectivity index (χ2v) is 8.42. The van der Waals surface area contributed by atoms with Crippen molar-refractivity contribution in [3.63, 3.8) is 0 Å². The fourth-order valence-electron chi connectivity index (χ4n) is 2.81. The molecule has 0 N–H and O–H groups in total. The van der Waals surface area contributed by atoms with Crippen molar-refractivity contribution in [2.24, 2.45) is 0 Å². The standard InChI is InChI=1S/C15H20Cl2N2O3S/c1-11(15(20)18-8-4-3-5-9-18)19(23(2,21)22)14-10-12(16)6-7-13(14)17/h6-7,10-11H,3-5,8-9H2,1-2H3. The maximum Gasteiger partial charge on any atom is 0.246 e. The molecule has 1 atom stereocenters. The molecule has 8 heteroatoms. The minimum Gasteiger partial charge on any atom is -0.341 e. The van der Waals surface area contributed by atoms with E-state index in [9.17, 15) is 13.2 Å². The predicted molar refractivity (Wildman–Crippen MR) is 93.7 cm³/mol. The van der Waals surface area contributed by atoms with Crippen molar-refractivity contribution in [3.8, 4) is 0 Å². The first-order chi connectivity index (χ1) is 10.7. The van der Waals surface area contributed by atoms with E-state index in [1.54, 1.807) is 17.9 Å². The SMILES string of the molecule is CC(C(=O)N1CCCCC1)N(c1cc(Cl)ccc1Cl)S(C)(=O)=O. The number of hydrogen-bond donors (Lipinski definition) is 0. The Kier molecular flexibility index (Phi) is 5.81. The van der Waals surface area contributed by atoms with Crippen molar-refractivity contribution in [1.82, 2.24) is 4.90 Å². The van der Waals surface area contributed by atoms with Crippen LogP contribution >= 0.6 is 23.2 Å². The zero-order chi connectivity index (χ0) is 17.2. The Bertz CT molecular complexity index is 688. The third-order valence-electron chi connectivity index (χ3n) is 3.88. The molecule has 1 saturated heterocycles. The number of likely N-dealkylation sites (tertiary alicyclic amines) is 1. The Hall–Kier alpha value is -0.980. The van der Waals surface area contributed by atoms with Crippen LogP contribution in [0.2, 0.25) is 10.0 Å².